The van der Waals surface area contributed by atoms with E-state index in [0.29, 0.717) is 25.1 Å². The normalized spacial score (nSPS) is 23.5. The summed E-state index contributed by atoms with van der Waals surface area (Å²) >= 11 is 0. The lowest BCUT2D eigenvalue weighted by Crippen LogP contribution is -2.51. The Morgan fingerprint density at radius 3 is 2.74 bits per heavy atom. The predicted octanol–water partition coefficient (Wildman–Crippen LogP) is 5.61. The molecule has 0 bridgehead atoms. The van der Waals surface area contributed by atoms with Gasteiger partial charge in [0.05, 0.1) is 44.7 Å². The molecule has 1 saturated carbocycles. The van der Waals surface area contributed by atoms with Gasteiger partial charge in [-0.25, -0.2) is 13.8 Å². The Hall–Kier alpha value is -5.10. The van der Waals surface area contributed by atoms with Crippen LogP contribution in [0.4, 0.5) is 14.6 Å². The molecule has 12 nitrogen and oxygen atoms in total. The lowest BCUT2D eigenvalue weighted by atomic mass is 9.75. The van der Waals surface area contributed by atoms with Crippen LogP contribution in [0.25, 0.3) is 32.9 Å². The van der Waals surface area contributed by atoms with Gasteiger partial charge in [-0.1, -0.05) is 23.6 Å². The Bertz CT molecular complexity index is 2230. The van der Waals surface area contributed by atoms with Gasteiger partial charge in [0.2, 0.25) is 5.88 Å². The molecule has 3 atom stereocenters. The van der Waals surface area contributed by atoms with Gasteiger partial charge in [0.15, 0.2) is 5.82 Å². The van der Waals surface area contributed by atoms with Crippen LogP contribution in [0.1, 0.15) is 50.3 Å². The Labute approximate surface area is 304 Å². The summed E-state index contributed by atoms with van der Waals surface area (Å²) in [4.78, 5) is 18.3. The zero-order valence-corrected chi connectivity index (χ0v) is 29.6. The minimum atomic E-state index is -1.25. The Morgan fingerprint density at radius 1 is 1.09 bits per heavy atom. The number of rotatable bonds is 8. The third-order valence-electron chi connectivity index (χ3n) is 10.9. The smallest absolute Gasteiger partial charge is 0.319 e. The highest BCUT2D eigenvalue weighted by Crippen LogP contribution is 2.49. The summed E-state index contributed by atoms with van der Waals surface area (Å²) < 4.78 is 55.4. The van der Waals surface area contributed by atoms with Gasteiger partial charge >= 0.3 is 6.01 Å². The number of likely N-dealkylation sites (tertiary alicyclic amines) is 1. The average molecular weight is 727 g/mol. The zero-order chi connectivity index (χ0) is 36.9. The van der Waals surface area contributed by atoms with E-state index in [1.54, 1.807) is 18.1 Å². The van der Waals surface area contributed by atoms with Crippen LogP contribution in [-0.4, -0.2) is 93.4 Å². The number of β-amino-alcohol motifs (C(OH)–C–C–N with tert-alkyl or cyclic N) is 1. The molecule has 3 fully saturated rings. The third kappa shape index (κ3) is 6.36. The molecule has 0 radical (unpaired) electrons. The Kier molecular flexibility index (Phi) is 9.04. The minimum Gasteiger partial charge on any atom is -0.508 e. The molecule has 0 spiro atoms. The topological polar surface area (TPSA) is 139 Å². The zero-order valence-electron chi connectivity index (χ0n) is 29.6. The van der Waals surface area contributed by atoms with E-state index in [-0.39, 0.29) is 87.8 Å². The summed E-state index contributed by atoms with van der Waals surface area (Å²) in [5.74, 6) is 0.844. The highest BCUT2D eigenvalue weighted by atomic mass is 19.1. The number of anilines is 1. The van der Waals surface area contributed by atoms with E-state index in [0.717, 1.165) is 44.3 Å². The quantitative estimate of drug-likeness (QED) is 0.192. The third-order valence-corrected chi connectivity index (χ3v) is 10.9. The van der Waals surface area contributed by atoms with E-state index in [4.69, 9.17) is 30.1 Å². The fourth-order valence-electron chi connectivity index (χ4n) is 8.60. The van der Waals surface area contributed by atoms with Crippen molar-refractivity contribution < 1.29 is 37.7 Å². The van der Waals surface area contributed by atoms with E-state index in [1.807, 2.05) is 6.07 Å². The first-order valence-corrected chi connectivity index (χ1v) is 17.8. The molecular weight excluding hydrogens is 686 g/mol. The van der Waals surface area contributed by atoms with Crippen molar-refractivity contribution in [3.8, 4) is 41.2 Å². The summed E-state index contributed by atoms with van der Waals surface area (Å²) in [6.07, 6.45) is 12.2. The average Bonchev–Trinajstić information content (AvgIpc) is 3.79. The van der Waals surface area contributed by atoms with Crippen molar-refractivity contribution in [1.29, 1.82) is 0 Å². The number of hydrogen-bond acceptors (Lipinski definition) is 12. The first-order chi connectivity index (χ1) is 25.6. The van der Waals surface area contributed by atoms with Crippen molar-refractivity contribution in [2.24, 2.45) is 5.41 Å². The number of terminal acetylenes is 1. The van der Waals surface area contributed by atoms with Crippen LogP contribution < -0.4 is 14.4 Å². The number of ether oxygens (including phenoxy) is 3. The molecule has 3 aliphatic rings. The SMILES string of the molecule is C#Cc1c(F)ccc2cc(O)cc(-c3nc(OC)c4c(N5CCOCC(C)(O)C5)nc(OCC56CCCC5N(Cc5ccon5)CCC6)nc4c3F)c12. The molecule has 53 heavy (non-hydrogen) atoms. The number of pyridine rings is 1. The minimum absolute atomic E-state index is 0.0249. The lowest BCUT2D eigenvalue weighted by Gasteiger charge is -2.46. The molecule has 3 unspecified atom stereocenters. The van der Waals surface area contributed by atoms with Crippen molar-refractivity contribution in [2.75, 3.05) is 51.5 Å². The van der Waals surface area contributed by atoms with Crippen LogP contribution in [-0.2, 0) is 11.3 Å². The number of hydrogen-bond donors (Lipinski definition) is 2. The molecule has 2 saturated heterocycles. The molecule has 2 N–H and O–H groups in total. The van der Waals surface area contributed by atoms with Crippen molar-refractivity contribution in [1.82, 2.24) is 25.0 Å². The monoisotopic (exact) mass is 726 g/mol. The maximum absolute atomic E-state index is 17.3. The van der Waals surface area contributed by atoms with Gasteiger partial charge in [0.1, 0.15) is 45.8 Å². The largest absolute Gasteiger partial charge is 0.508 e. The number of aromatic nitrogens is 4. The fourth-order valence-corrected chi connectivity index (χ4v) is 8.60. The van der Waals surface area contributed by atoms with E-state index < -0.39 is 17.2 Å². The van der Waals surface area contributed by atoms with Crippen molar-refractivity contribution in [2.45, 2.75) is 57.2 Å². The summed E-state index contributed by atoms with van der Waals surface area (Å²) in [6.45, 7) is 4.36. The second-order valence-corrected chi connectivity index (χ2v) is 14.6. The summed E-state index contributed by atoms with van der Waals surface area (Å²) in [7, 11) is 1.39. The molecule has 2 aliphatic heterocycles. The van der Waals surface area contributed by atoms with Gasteiger partial charge in [-0.15, -0.1) is 6.42 Å². The van der Waals surface area contributed by atoms with Gasteiger partial charge in [-0.3, -0.25) is 4.90 Å². The van der Waals surface area contributed by atoms with E-state index in [1.165, 1.54) is 31.4 Å². The van der Waals surface area contributed by atoms with E-state index >= 15 is 8.78 Å². The van der Waals surface area contributed by atoms with Crippen LogP contribution in [0.15, 0.2) is 41.1 Å². The standard InChI is InChI=1S/C39H40F2N6O6/c1-4-26-28(40)9-8-23-17-25(48)18-27(30(23)26)33-32(41)34-31(36(42-33)50-3)35(47-14-16-51-21-38(2,49)20-47)44-37(43-34)52-22-39-11-5-7-29(39)46(13-6-12-39)19-24-10-15-53-45-24/h1,8-10,15,17-18,29,48-49H,5-7,11-14,16,19-22H2,2-3H3. The van der Waals surface area contributed by atoms with Gasteiger partial charge in [0.25, 0.3) is 0 Å². The maximum Gasteiger partial charge on any atom is 0.319 e. The van der Waals surface area contributed by atoms with Gasteiger partial charge in [0, 0.05) is 41.6 Å². The number of halogens is 2. The van der Waals surface area contributed by atoms with Gasteiger partial charge < -0.3 is 33.8 Å². The van der Waals surface area contributed by atoms with Gasteiger partial charge in [-0.05, 0) is 62.7 Å². The first-order valence-electron chi connectivity index (χ1n) is 17.8. The van der Waals surface area contributed by atoms with Gasteiger partial charge in [-0.2, -0.15) is 9.97 Å². The maximum atomic E-state index is 17.3. The van der Waals surface area contributed by atoms with E-state index in [9.17, 15) is 10.2 Å². The van der Waals surface area contributed by atoms with Crippen LogP contribution >= 0.6 is 0 Å². The summed E-state index contributed by atoms with van der Waals surface area (Å²) in [5, 5.41) is 26.7. The number of fused-ring (bicyclic) bond motifs is 3. The molecule has 1 aliphatic carbocycles. The number of methoxy groups -OCH3 is 1. The number of phenolic OH excluding ortho intramolecular Hbond substituents is 1. The summed E-state index contributed by atoms with van der Waals surface area (Å²) in [5.41, 5.74) is -1.04. The molecule has 8 rings (SSSR count). The molecule has 276 valence electrons. The highest BCUT2D eigenvalue weighted by Gasteiger charge is 2.48. The fraction of sp³-hybridized carbons (Fsp3) is 0.436. The number of nitrogens with zero attached hydrogens (tertiary/aromatic N) is 6. The number of phenols is 1. The van der Waals surface area contributed by atoms with Crippen molar-refractivity contribution in [3.63, 3.8) is 0 Å². The van der Waals surface area contributed by atoms with Crippen molar-refractivity contribution >= 4 is 27.5 Å². The number of aliphatic hydroxyl groups is 1. The Morgan fingerprint density at radius 2 is 1.94 bits per heavy atom. The second kappa shape index (κ2) is 13.7. The number of aromatic hydroxyl groups is 1. The summed E-state index contributed by atoms with van der Waals surface area (Å²) in [6, 6.07) is 7.43. The predicted molar refractivity (Wildman–Crippen MR) is 192 cm³/mol. The van der Waals surface area contributed by atoms with Crippen LogP contribution in [0.2, 0.25) is 0 Å². The molecule has 14 heteroatoms. The van der Waals surface area contributed by atoms with Crippen LogP contribution in [0.3, 0.4) is 0 Å². The molecular formula is C39H40F2N6O6. The highest BCUT2D eigenvalue weighted by molar-refractivity contribution is 6.04. The first kappa shape index (κ1) is 35.0. The Balaban J connectivity index is 1.27. The van der Waals surface area contributed by atoms with Crippen molar-refractivity contribution in [3.05, 3.63) is 59.5 Å². The molecule has 5 aromatic rings. The molecule has 3 aromatic heterocycles. The van der Waals surface area contributed by atoms with Crippen LogP contribution in [0.5, 0.6) is 17.6 Å². The van der Waals surface area contributed by atoms with Crippen LogP contribution in [0, 0.1) is 29.4 Å². The number of benzene rings is 2. The number of piperidine rings is 1. The molecule has 2 aromatic carbocycles. The molecule has 5 heterocycles. The molecule has 0 amide bonds. The van der Waals surface area contributed by atoms with E-state index in [2.05, 4.69) is 25.9 Å². The lowest BCUT2D eigenvalue weighted by molar-refractivity contribution is -0.0123. The second-order valence-electron chi connectivity index (χ2n) is 14.6.